The van der Waals surface area contributed by atoms with Crippen molar-refractivity contribution in [1.82, 2.24) is 5.32 Å². The van der Waals surface area contributed by atoms with Gasteiger partial charge in [0.15, 0.2) is 0 Å². The van der Waals surface area contributed by atoms with Crippen LogP contribution in [-0.4, -0.2) is 34.2 Å². The minimum absolute atomic E-state index is 0.145. The van der Waals surface area contributed by atoms with Gasteiger partial charge in [0.05, 0.1) is 0 Å². The van der Waals surface area contributed by atoms with Gasteiger partial charge in [0.2, 0.25) is 5.91 Å². The average Bonchev–Trinajstić information content (AvgIpc) is 2.53. The largest absolute Gasteiger partial charge is 0.480 e. The van der Waals surface area contributed by atoms with Gasteiger partial charge >= 0.3 is 5.97 Å². The summed E-state index contributed by atoms with van der Waals surface area (Å²) in [6, 6.07) is 12.3. The molecule has 0 bridgehead atoms. The van der Waals surface area contributed by atoms with Crippen molar-refractivity contribution in [1.29, 1.82) is 0 Å². The molecule has 0 saturated carbocycles. The van der Waals surface area contributed by atoms with E-state index in [1.54, 1.807) is 0 Å². The maximum atomic E-state index is 12.0. The van der Waals surface area contributed by atoms with Crippen LogP contribution < -0.4 is 5.32 Å². The molecule has 0 heterocycles. The monoisotopic (exact) mass is 329 g/mol. The van der Waals surface area contributed by atoms with Gasteiger partial charge in [-0.1, -0.05) is 56.3 Å². The summed E-state index contributed by atoms with van der Waals surface area (Å²) in [7, 11) is 0. The number of rotatable bonds is 7. The number of carbonyl (C=O) groups excluding carboxylic acids is 1. The molecule has 2 atom stereocenters. The fourth-order valence-corrected chi connectivity index (χ4v) is 2.71. The Labute approximate surface area is 141 Å². The third-order valence-corrected chi connectivity index (χ3v) is 3.92. The number of aliphatic hydroxyl groups excluding tert-OH is 1. The molecule has 5 heteroatoms. The van der Waals surface area contributed by atoms with Crippen molar-refractivity contribution < 1.29 is 19.8 Å². The molecule has 0 fully saturated rings. The molecular weight excluding hydrogens is 306 g/mol. The van der Waals surface area contributed by atoms with Crippen LogP contribution in [0.4, 0.5) is 0 Å². The molecule has 0 aliphatic rings. The van der Waals surface area contributed by atoms with E-state index in [0.717, 1.165) is 16.3 Å². The van der Waals surface area contributed by atoms with Crippen LogP contribution in [0.15, 0.2) is 42.5 Å². The van der Waals surface area contributed by atoms with Crippen LogP contribution in [0.2, 0.25) is 0 Å². The third-order valence-electron chi connectivity index (χ3n) is 3.92. The minimum atomic E-state index is -1.20. The molecule has 2 rings (SSSR count). The van der Waals surface area contributed by atoms with Crippen molar-refractivity contribution in [3.63, 3.8) is 0 Å². The Morgan fingerprint density at radius 3 is 2.42 bits per heavy atom. The van der Waals surface area contributed by atoms with Crippen molar-refractivity contribution in [2.45, 2.75) is 38.8 Å². The van der Waals surface area contributed by atoms with E-state index in [1.807, 2.05) is 56.3 Å². The van der Waals surface area contributed by atoms with E-state index in [4.69, 9.17) is 0 Å². The Balaban J connectivity index is 2.16. The molecule has 1 amide bonds. The van der Waals surface area contributed by atoms with Gasteiger partial charge in [0, 0.05) is 6.42 Å². The van der Waals surface area contributed by atoms with E-state index in [1.165, 1.54) is 0 Å². The van der Waals surface area contributed by atoms with Crippen molar-refractivity contribution in [2.75, 3.05) is 0 Å². The topological polar surface area (TPSA) is 86.6 Å². The molecule has 0 aromatic heterocycles. The Bertz CT molecular complexity index is 721. The first-order chi connectivity index (χ1) is 11.4. The highest BCUT2D eigenvalue weighted by Crippen LogP contribution is 2.20. The van der Waals surface area contributed by atoms with E-state index < -0.39 is 24.0 Å². The number of amides is 1. The summed E-state index contributed by atoms with van der Waals surface area (Å²) in [5.74, 6) is -1.61. The highest BCUT2D eigenvalue weighted by atomic mass is 16.4. The Morgan fingerprint density at radius 2 is 1.75 bits per heavy atom. The van der Waals surface area contributed by atoms with Gasteiger partial charge in [0.1, 0.15) is 12.1 Å². The van der Waals surface area contributed by atoms with Crippen molar-refractivity contribution in [3.8, 4) is 0 Å². The number of aliphatic carboxylic acids is 1. The van der Waals surface area contributed by atoms with Crippen LogP contribution in [0.1, 0.15) is 25.8 Å². The second-order valence-electron chi connectivity index (χ2n) is 6.39. The van der Waals surface area contributed by atoms with Crippen LogP contribution >= 0.6 is 0 Å². The molecule has 0 aliphatic carbocycles. The lowest BCUT2D eigenvalue weighted by molar-refractivity contribution is -0.143. The quantitative estimate of drug-likeness (QED) is 0.728. The van der Waals surface area contributed by atoms with Gasteiger partial charge in [-0.2, -0.15) is 0 Å². The highest BCUT2D eigenvalue weighted by molar-refractivity contribution is 5.88. The lowest BCUT2D eigenvalue weighted by Gasteiger charge is -2.19. The number of hydrogen-bond acceptors (Lipinski definition) is 3. The second kappa shape index (κ2) is 7.93. The fourth-order valence-electron chi connectivity index (χ4n) is 2.71. The van der Waals surface area contributed by atoms with E-state index in [9.17, 15) is 19.8 Å². The predicted octanol–water partition coefficient (Wildman–Crippen LogP) is 2.36. The number of nitrogens with one attached hydrogen (secondary N) is 1. The number of hydrogen-bond donors (Lipinski definition) is 3. The van der Waals surface area contributed by atoms with Gasteiger partial charge in [-0.3, -0.25) is 4.79 Å². The molecule has 0 spiro atoms. The molecule has 3 N–H and O–H groups in total. The highest BCUT2D eigenvalue weighted by Gasteiger charge is 2.25. The standard InChI is InChI=1S/C19H23NO4/c1-12(2)10-17(21)18(22)20-16(19(23)24)11-14-8-5-7-13-6-3-4-9-15(13)14/h3-9,12,16-17,21H,10-11H2,1-2H3,(H,20,22)(H,23,24)/t16-,17+/m1/s1. The summed E-state index contributed by atoms with van der Waals surface area (Å²) < 4.78 is 0. The van der Waals surface area contributed by atoms with Crippen LogP contribution in [0.3, 0.4) is 0 Å². The van der Waals surface area contributed by atoms with E-state index in [-0.39, 0.29) is 12.3 Å². The summed E-state index contributed by atoms with van der Waals surface area (Å²) in [6.07, 6.45) is -0.733. The first-order valence-electron chi connectivity index (χ1n) is 8.06. The van der Waals surface area contributed by atoms with Gasteiger partial charge in [0.25, 0.3) is 0 Å². The molecule has 0 aliphatic heterocycles. The maximum absolute atomic E-state index is 12.0. The van der Waals surface area contributed by atoms with Crippen molar-refractivity contribution in [2.24, 2.45) is 5.92 Å². The zero-order valence-electron chi connectivity index (χ0n) is 13.9. The lowest BCUT2D eigenvalue weighted by atomic mass is 9.98. The Hall–Kier alpha value is -2.40. The SMILES string of the molecule is CC(C)C[C@H](O)C(=O)N[C@H](Cc1cccc2ccccc12)C(=O)O. The summed E-state index contributed by atoms with van der Waals surface area (Å²) in [4.78, 5) is 23.5. The molecule has 0 saturated heterocycles. The van der Waals surface area contributed by atoms with Crippen LogP contribution in [0.5, 0.6) is 0 Å². The molecule has 0 radical (unpaired) electrons. The summed E-state index contributed by atoms with van der Waals surface area (Å²) in [5, 5.41) is 23.7. The zero-order valence-corrected chi connectivity index (χ0v) is 13.9. The summed E-state index contributed by atoms with van der Waals surface area (Å²) in [6.45, 7) is 3.78. The summed E-state index contributed by atoms with van der Waals surface area (Å²) >= 11 is 0. The minimum Gasteiger partial charge on any atom is -0.480 e. The molecule has 2 aromatic carbocycles. The average molecular weight is 329 g/mol. The molecule has 2 aromatic rings. The van der Waals surface area contributed by atoms with Crippen LogP contribution in [-0.2, 0) is 16.0 Å². The van der Waals surface area contributed by atoms with Crippen molar-refractivity contribution in [3.05, 3.63) is 48.0 Å². The van der Waals surface area contributed by atoms with E-state index >= 15 is 0 Å². The number of carbonyl (C=O) groups is 2. The van der Waals surface area contributed by atoms with Crippen LogP contribution in [0.25, 0.3) is 10.8 Å². The first kappa shape index (κ1) is 17.9. The number of fused-ring (bicyclic) bond motifs is 1. The smallest absolute Gasteiger partial charge is 0.326 e. The second-order valence-corrected chi connectivity index (χ2v) is 6.39. The zero-order chi connectivity index (χ0) is 17.7. The third kappa shape index (κ3) is 4.55. The van der Waals surface area contributed by atoms with Crippen LogP contribution in [0, 0.1) is 5.92 Å². The number of carboxylic acid groups (broad SMARTS) is 1. The maximum Gasteiger partial charge on any atom is 0.326 e. The number of benzene rings is 2. The normalized spacial score (nSPS) is 13.7. The predicted molar refractivity (Wildman–Crippen MR) is 92.7 cm³/mol. The van der Waals surface area contributed by atoms with Gasteiger partial charge in [-0.05, 0) is 28.7 Å². The first-order valence-corrected chi connectivity index (χ1v) is 8.06. The number of aliphatic hydroxyl groups is 1. The summed E-state index contributed by atoms with van der Waals surface area (Å²) in [5.41, 5.74) is 0.846. The fraction of sp³-hybridized carbons (Fsp3) is 0.368. The van der Waals surface area contributed by atoms with Gasteiger partial charge < -0.3 is 15.5 Å². The van der Waals surface area contributed by atoms with E-state index in [0.29, 0.717) is 6.42 Å². The number of carboxylic acids is 1. The molecular formula is C19H23NO4. The van der Waals surface area contributed by atoms with E-state index in [2.05, 4.69) is 5.32 Å². The molecule has 128 valence electrons. The van der Waals surface area contributed by atoms with Crippen molar-refractivity contribution >= 4 is 22.6 Å². The van der Waals surface area contributed by atoms with Gasteiger partial charge in [-0.25, -0.2) is 4.79 Å². The molecule has 24 heavy (non-hydrogen) atoms. The molecule has 0 unspecified atom stereocenters. The lowest BCUT2D eigenvalue weighted by Crippen LogP contribution is -2.47. The Morgan fingerprint density at radius 1 is 1.08 bits per heavy atom. The Kier molecular flexibility index (Phi) is 5.93. The molecule has 5 nitrogen and oxygen atoms in total. The van der Waals surface area contributed by atoms with Gasteiger partial charge in [-0.15, -0.1) is 0 Å².